The minimum absolute atomic E-state index is 0.415. The summed E-state index contributed by atoms with van der Waals surface area (Å²) in [6.45, 7) is 3.69. The van der Waals surface area contributed by atoms with E-state index in [1.54, 1.807) is 33.3 Å². The van der Waals surface area contributed by atoms with E-state index in [4.69, 9.17) is 9.57 Å². The fourth-order valence-corrected chi connectivity index (χ4v) is 1.27. The normalized spacial score (nSPS) is 9.81. The second kappa shape index (κ2) is 4.83. The Kier molecular flexibility index (Phi) is 3.71. The van der Waals surface area contributed by atoms with Crippen molar-refractivity contribution in [3.05, 3.63) is 23.5 Å². The van der Waals surface area contributed by atoms with Crippen LogP contribution in [-0.4, -0.2) is 32.2 Å². The highest BCUT2D eigenvalue weighted by molar-refractivity contribution is 5.66. The van der Waals surface area contributed by atoms with Crippen molar-refractivity contribution in [3.8, 4) is 5.75 Å². The molecular formula is C11H17N2O3+. The molecule has 16 heavy (non-hydrogen) atoms. The topological polar surface area (TPSA) is 42.6 Å². The molecule has 1 aromatic rings. The monoisotopic (exact) mass is 225 g/mol. The first-order chi connectivity index (χ1) is 7.45. The van der Waals surface area contributed by atoms with Gasteiger partial charge in [-0.25, -0.2) is 4.79 Å². The van der Waals surface area contributed by atoms with E-state index >= 15 is 0 Å². The number of hydrogen-bond acceptors (Lipinski definition) is 3. The summed E-state index contributed by atoms with van der Waals surface area (Å²) in [4.78, 5) is 18.0. The minimum Gasteiger partial charge on any atom is -0.496 e. The summed E-state index contributed by atoms with van der Waals surface area (Å²) in [7, 11) is 4.87. The van der Waals surface area contributed by atoms with E-state index in [2.05, 4.69) is 0 Å². The molecule has 0 aromatic carbocycles. The lowest BCUT2D eigenvalue weighted by atomic mass is 10.3. The summed E-state index contributed by atoms with van der Waals surface area (Å²) < 4.78 is 6.60. The number of hydrogen-bond donors (Lipinski definition) is 0. The van der Waals surface area contributed by atoms with Crippen LogP contribution in [0.1, 0.15) is 11.4 Å². The van der Waals surface area contributed by atoms with Crippen LogP contribution in [0.2, 0.25) is 0 Å². The third-order valence-electron chi connectivity index (χ3n) is 2.11. The Balaban J connectivity index is 3.01. The third-order valence-corrected chi connectivity index (χ3v) is 2.11. The highest BCUT2D eigenvalue weighted by Gasteiger charge is 2.20. The number of methoxy groups -OCH3 is 1. The summed E-state index contributed by atoms with van der Waals surface area (Å²) in [5.74, 6) is 0.743. The molecule has 0 aliphatic carbocycles. The number of nitrogens with zero attached hydrogens (tertiary/aromatic N) is 2. The number of ether oxygens (including phenoxy) is 1. The molecule has 0 radical (unpaired) electrons. The molecule has 0 bridgehead atoms. The molecule has 1 aromatic heterocycles. The summed E-state index contributed by atoms with van der Waals surface area (Å²) >= 11 is 0. The molecule has 0 unspecified atom stereocenters. The highest BCUT2D eigenvalue weighted by Crippen LogP contribution is 2.10. The molecule has 1 heterocycles. The summed E-state index contributed by atoms with van der Waals surface area (Å²) in [6.07, 6.45) is -0.415. The lowest BCUT2D eigenvalue weighted by molar-refractivity contribution is -0.877. The average Bonchev–Trinajstić information content (AvgIpc) is 2.22. The molecule has 0 spiro atoms. The summed E-state index contributed by atoms with van der Waals surface area (Å²) in [5.41, 5.74) is 1.60. The first-order valence-electron chi connectivity index (χ1n) is 4.92. The fraction of sp³-hybridized carbons (Fsp3) is 0.455. The van der Waals surface area contributed by atoms with Gasteiger partial charge in [0.25, 0.3) is 0 Å². The van der Waals surface area contributed by atoms with Gasteiger partial charge in [0.15, 0.2) is 0 Å². The lowest BCUT2D eigenvalue weighted by Crippen LogP contribution is -2.53. The molecule has 5 nitrogen and oxygen atoms in total. The van der Waals surface area contributed by atoms with Gasteiger partial charge in [-0.2, -0.15) is 4.84 Å². The van der Waals surface area contributed by atoms with Crippen LogP contribution >= 0.6 is 0 Å². The van der Waals surface area contributed by atoms with Gasteiger partial charge in [-0.15, -0.1) is 0 Å². The fourth-order valence-electron chi connectivity index (χ4n) is 1.27. The quantitative estimate of drug-likeness (QED) is 0.696. The van der Waals surface area contributed by atoms with E-state index in [-0.39, 0.29) is 0 Å². The van der Waals surface area contributed by atoms with Crippen LogP contribution in [0.4, 0.5) is 4.79 Å². The lowest BCUT2D eigenvalue weighted by Gasteiger charge is -2.08. The van der Waals surface area contributed by atoms with Gasteiger partial charge in [0, 0.05) is 32.7 Å². The van der Waals surface area contributed by atoms with Crippen molar-refractivity contribution in [1.29, 1.82) is 0 Å². The zero-order valence-corrected chi connectivity index (χ0v) is 10.3. The molecule has 1 amide bonds. The second-order valence-electron chi connectivity index (χ2n) is 3.72. The van der Waals surface area contributed by atoms with Crippen molar-refractivity contribution < 1.29 is 19.1 Å². The van der Waals surface area contributed by atoms with Crippen molar-refractivity contribution in [3.63, 3.8) is 0 Å². The van der Waals surface area contributed by atoms with Crippen LogP contribution in [0.15, 0.2) is 12.1 Å². The summed E-state index contributed by atoms with van der Waals surface area (Å²) in [6, 6.07) is 3.60. The molecular weight excluding hydrogens is 208 g/mol. The Morgan fingerprint density at radius 1 is 1.25 bits per heavy atom. The number of aromatic nitrogens is 1. The Labute approximate surface area is 95.2 Å². The smallest absolute Gasteiger partial charge is 0.477 e. The van der Waals surface area contributed by atoms with Crippen LogP contribution in [0.5, 0.6) is 5.75 Å². The largest absolute Gasteiger partial charge is 0.496 e. The molecule has 0 aliphatic heterocycles. The maximum atomic E-state index is 11.4. The number of carbonyl (C=O) groups is 1. The second-order valence-corrected chi connectivity index (χ2v) is 3.72. The van der Waals surface area contributed by atoms with Gasteiger partial charge in [-0.3, -0.25) is 0 Å². The number of pyridine rings is 1. The van der Waals surface area contributed by atoms with Gasteiger partial charge in [-0.1, -0.05) is 0 Å². The van der Waals surface area contributed by atoms with E-state index in [9.17, 15) is 4.79 Å². The highest BCUT2D eigenvalue weighted by atomic mass is 16.7. The molecule has 0 N–H and O–H groups in total. The molecule has 5 heteroatoms. The first-order valence-corrected chi connectivity index (χ1v) is 4.92. The molecule has 0 saturated heterocycles. The predicted octanol–water partition coefficient (Wildman–Crippen LogP) is 0.710. The van der Waals surface area contributed by atoms with Crippen LogP contribution < -0.4 is 14.3 Å². The molecule has 88 valence electrons. The summed E-state index contributed by atoms with van der Waals surface area (Å²) in [5, 5.41) is 0. The predicted molar refractivity (Wildman–Crippen MR) is 58.3 cm³/mol. The van der Waals surface area contributed by atoms with Crippen molar-refractivity contribution in [2.75, 3.05) is 21.2 Å². The molecule has 1 rings (SSSR count). The van der Waals surface area contributed by atoms with E-state index in [0.29, 0.717) is 0 Å². The van der Waals surface area contributed by atoms with Gasteiger partial charge >= 0.3 is 6.09 Å². The molecule has 0 saturated carbocycles. The van der Waals surface area contributed by atoms with Crippen molar-refractivity contribution in [2.45, 2.75) is 13.8 Å². The maximum Gasteiger partial charge on any atom is 0.477 e. The Bertz CT molecular complexity index is 379. The van der Waals surface area contributed by atoms with Crippen LogP contribution in [0.25, 0.3) is 0 Å². The third kappa shape index (κ3) is 2.62. The van der Waals surface area contributed by atoms with E-state index in [1.165, 1.54) is 9.63 Å². The van der Waals surface area contributed by atoms with Crippen molar-refractivity contribution in [1.82, 2.24) is 4.90 Å². The number of aryl methyl sites for hydroxylation is 2. The van der Waals surface area contributed by atoms with Crippen LogP contribution in [-0.2, 0) is 0 Å². The number of carbonyl (C=O) groups excluding carboxylic acids is 1. The Hall–Kier alpha value is -1.78. The van der Waals surface area contributed by atoms with Crippen LogP contribution in [0, 0.1) is 13.8 Å². The van der Waals surface area contributed by atoms with E-state index < -0.39 is 6.09 Å². The van der Waals surface area contributed by atoms with Gasteiger partial charge in [0.1, 0.15) is 5.75 Å². The molecule has 0 fully saturated rings. The average molecular weight is 225 g/mol. The van der Waals surface area contributed by atoms with E-state index in [1.807, 2.05) is 13.8 Å². The standard InChI is InChI=1S/C11H17N2O3/c1-8-6-10(15-5)7-9(2)13(8)16-11(14)12(3)4/h6-7H,1-5H3/q+1. The van der Waals surface area contributed by atoms with Crippen molar-refractivity contribution >= 4 is 6.09 Å². The molecule has 0 atom stereocenters. The Morgan fingerprint density at radius 3 is 2.12 bits per heavy atom. The van der Waals surface area contributed by atoms with Gasteiger partial charge in [-0.05, 0) is 0 Å². The Morgan fingerprint density at radius 2 is 1.75 bits per heavy atom. The van der Waals surface area contributed by atoms with Gasteiger partial charge in [0.2, 0.25) is 11.4 Å². The van der Waals surface area contributed by atoms with E-state index in [0.717, 1.165) is 17.1 Å². The van der Waals surface area contributed by atoms with Gasteiger partial charge < -0.3 is 9.64 Å². The van der Waals surface area contributed by atoms with Crippen LogP contribution in [0.3, 0.4) is 0 Å². The minimum atomic E-state index is -0.415. The zero-order valence-electron chi connectivity index (χ0n) is 10.3. The van der Waals surface area contributed by atoms with Crippen molar-refractivity contribution in [2.24, 2.45) is 0 Å². The van der Waals surface area contributed by atoms with Gasteiger partial charge in [0.05, 0.1) is 19.2 Å². The first kappa shape index (κ1) is 12.3. The molecule has 0 aliphatic rings. The maximum absolute atomic E-state index is 11.4. The SMILES string of the molecule is COc1cc(C)[n+](OC(=O)N(C)C)c(C)c1. The number of amides is 1. The zero-order chi connectivity index (χ0) is 12.3. The number of rotatable bonds is 2.